The molecule has 0 saturated carbocycles. The van der Waals surface area contributed by atoms with Gasteiger partial charge in [0.05, 0.1) is 5.56 Å². The molecular formula is C20H20N2O4. The second-order valence-corrected chi connectivity index (χ2v) is 5.57. The van der Waals surface area contributed by atoms with Crippen molar-refractivity contribution in [2.45, 2.75) is 26.4 Å². The van der Waals surface area contributed by atoms with Gasteiger partial charge in [0.15, 0.2) is 12.7 Å². The summed E-state index contributed by atoms with van der Waals surface area (Å²) in [5, 5.41) is 11.7. The van der Waals surface area contributed by atoms with E-state index in [0.717, 1.165) is 12.0 Å². The fourth-order valence-electron chi connectivity index (χ4n) is 2.17. The van der Waals surface area contributed by atoms with Crippen LogP contribution >= 0.6 is 0 Å². The molecule has 0 spiro atoms. The molecule has 0 heterocycles. The first-order valence-electron chi connectivity index (χ1n) is 8.24. The first kappa shape index (κ1) is 19.0. The normalized spacial score (nSPS) is 11.1. The molecule has 6 nitrogen and oxygen atoms in total. The van der Waals surface area contributed by atoms with E-state index in [4.69, 9.17) is 14.7 Å². The number of carbonyl (C=O) groups is 2. The van der Waals surface area contributed by atoms with Crippen molar-refractivity contribution in [1.82, 2.24) is 0 Å². The number of benzene rings is 2. The molecular weight excluding hydrogens is 332 g/mol. The molecule has 2 aromatic carbocycles. The Morgan fingerprint density at radius 2 is 1.85 bits per heavy atom. The van der Waals surface area contributed by atoms with Crippen molar-refractivity contribution < 1.29 is 19.1 Å². The molecule has 2 aromatic rings. The molecule has 0 radical (unpaired) electrons. The molecule has 0 aromatic heterocycles. The predicted molar refractivity (Wildman–Crippen MR) is 96.7 cm³/mol. The van der Waals surface area contributed by atoms with Crippen LogP contribution in [0.25, 0.3) is 0 Å². The van der Waals surface area contributed by atoms with Crippen LogP contribution in [0.2, 0.25) is 0 Å². The van der Waals surface area contributed by atoms with Crippen molar-refractivity contribution in [3.8, 4) is 11.8 Å². The number of esters is 1. The van der Waals surface area contributed by atoms with Crippen molar-refractivity contribution in [2.75, 3.05) is 11.9 Å². The Morgan fingerprint density at radius 3 is 2.50 bits per heavy atom. The predicted octanol–water partition coefficient (Wildman–Crippen LogP) is 3.07. The van der Waals surface area contributed by atoms with Gasteiger partial charge < -0.3 is 14.8 Å². The highest BCUT2D eigenvalue weighted by molar-refractivity contribution is 5.95. The molecule has 0 aliphatic rings. The van der Waals surface area contributed by atoms with Gasteiger partial charge >= 0.3 is 5.97 Å². The molecule has 0 bridgehead atoms. The standard InChI is InChI=1S/C20H20N2O4/c1-3-15-8-10-17(11-9-15)22-20(24)14(2)26-19(23)13-25-18-7-5-4-6-16(18)12-21/h4-11,14H,3,13H2,1-2H3,(H,22,24)/t14-/m1/s1. The molecule has 0 unspecified atom stereocenters. The smallest absolute Gasteiger partial charge is 0.344 e. The summed E-state index contributed by atoms with van der Waals surface area (Å²) >= 11 is 0. The first-order valence-corrected chi connectivity index (χ1v) is 8.24. The number of nitrogens with one attached hydrogen (secondary N) is 1. The molecule has 2 rings (SSSR count). The fraction of sp³-hybridized carbons (Fsp3) is 0.250. The molecule has 1 N–H and O–H groups in total. The third-order valence-electron chi connectivity index (χ3n) is 3.66. The van der Waals surface area contributed by atoms with Crippen LogP contribution < -0.4 is 10.1 Å². The summed E-state index contributed by atoms with van der Waals surface area (Å²) in [7, 11) is 0. The Labute approximate surface area is 152 Å². The summed E-state index contributed by atoms with van der Waals surface area (Å²) in [6.45, 7) is 3.14. The maximum Gasteiger partial charge on any atom is 0.344 e. The van der Waals surface area contributed by atoms with E-state index in [1.165, 1.54) is 6.92 Å². The van der Waals surface area contributed by atoms with Crippen LogP contribution in [0.15, 0.2) is 48.5 Å². The zero-order chi connectivity index (χ0) is 18.9. The van der Waals surface area contributed by atoms with E-state index < -0.39 is 18.0 Å². The summed E-state index contributed by atoms with van der Waals surface area (Å²) in [4.78, 5) is 24.0. The molecule has 26 heavy (non-hydrogen) atoms. The van der Waals surface area contributed by atoms with Crippen molar-refractivity contribution in [2.24, 2.45) is 0 Å². The maximum absolute atomic E-state index is 12.1. The Hall–Kier alpha value is -3.33. The number of amides is 1. The lowest BCUT2D eigenvalue weighted by Gasteiger charge is -2.14. The minimum atomic E-state index is -0.969. The molecule has 0 saturated heterocycles. The van der Waals surface area contributed by atoms with Crippen LogP contribution in [-0.2, 0) is 20.7 Å². The van der Waals surface area contributed by atoms with Crippen LogP contribution in [0.3, 0.4) is 0 Å². The van der Waals surface area contributed by atoms with Gasteiger partial charge in [-0.15, -0.1) is 0 Å². The minimum absolute atomic E-state index is 0.292. The van der Waals surface area contributed by atoms with Gasteiger partial charge in [-0.2, -0.15) is 5.26 Å². The highest BCUT2D eigenvalue weighted by Crippen LogP contribution is 2.16. The topological polar surface area (TPSA) is 88.4 Å². The highest BCUT2D eigenvalue weighted by atomic mass is 16.6. The summed E-state index contributed by atoms with van der Waals surface area (Å²) in [6, 6.07) is 16.0. The quantitative estimate of drug-likeness (QED) is 0.774. The second kappa shape index (κ2) is 9.23. The third kappa shape index (κ3) is 5.35. The molecule has 134 valence electrons. The van der Waals surface area contributed by atoms with Gasteiger partial charge in [-0.1, -0.05) is 31.2 Å². The van der Waals surface area contributed by atoms with E-state index >= 15 is 0 Å². The SMILES string of the molecule is CCc1ccc(NC(=O)[C@@H](C)OC(=O)COc2ccccc2C#N)cc1. The Bertz CT molecular complexity index is 809. The number of hydrogen-bond acceptors (Lipinski definition) is 5. The van der Waals surface area contributed by atoms with Crippen LogP contribution in [0.1, 0.15) is 25.0 Å². The Morgan fingerprint density at radius 1 is 1.15 bits per heavy atom. The van der Waals surface area contributed by atoms with Crippen LogP contribution in [-0.4, -0.2) is 24.6 Å². The van der Waals surface area contributed by atoms with Crippen LogP contribution in [0, 0.1) is 11.3 Å². The lowest BCUT2D eigenvalue weighted by molar-refractivity contribution is -0.155. The van der Waals surface area contributed by atoms with Crippen molar-refractivity contribution in [3.63, 3.8) is 0 Å². The van der Waals surface area contributed by atoms with Crippen molar-refractivity contribution in [3.05, 3.63) is 59.7 Å². The number of rotatable bonds is 7. The number of nitriles is 1. The molecule has 1 atom stereocenters. The first-order chi connectivity index (χ1) is 12.5. The largest absolute Gasteiger partial charge is 0.481 e. The maximum atomic E-state index is 12.1. The van der Waals surface area contributed by atoms with Gasteiger partial charge in [-0.25, -0.2) is 4.79 Å². The van der Waals surface area contributed by atoms with Crippen LogP contribution in [0.5, 0.6) is 5.75 Å². The van der Waals surface area contributed by atoms with E-state index in [9.17, 15) is 9.59 Å². The Balaban J connectivity index is 1.83. The lowest BCUT2D eigenvalue weighted by atomic mass is 10.1. The molecule has 0 aliphatic carbocycles. The summed E-state index contributed by atoms with van der Waals surface area (Å²) < 4.78 is 10.4. The monoisotopic (exact) mass is 352 g/mol. The highest BCUT2D eigenvalue weighted by Gasteiger charge is 2.18. The molecule has 0 fully saturated rings. The Kier molecular flexibility index (Phi) is 6.75. The third-order valence-corrected chi connectivity index (χ3v) is 3.66. The van der Waals surface area contributed by atoms with Gasteiger partial charge in [0, 0.05) is 5.69 Å². The number of hydrogen-bond donors (Lipinski definition) is 1. The minimum Gasteiger partial charge on any atom is -0.481 e. The average molecular weight is 352 g/mol. The number of aryl methyl sites for hydroxylation is 1. The number of nitrogens with zero attached hydrogens (tertiary/aromatic N) is 1. The fourth-order valence-corrected chi connectivity index (χ4v) is 2.17. The number of ether oxygens (including phenoxy) is 2. The summed E-state index contributed by atoms with van der Waals surface area (Å²) in [6.07, 6.45) is -0.0554. The van der Waals surface area contributed by atoms with E-state index in [1.54, 1.807) is 36.4 Å². The van der Waals surface area contributed by atoms with Crippen LogP contribution in [0.4, 0.5) is 5.69 Å². The molecule has 0 aliphatic heterocycles. The van der Waals surface area contributed by atoms with E-state index in [1.807, 2.05) is 25.1 Å². The lowest BCUT2D eigenvalue weighted by Crippen LogP contribution is -2.31. The van der Waals surface area contributed by atoms with Crippen molar-refractivity contribution >= 4 is 17.6 Å². The van der Waals surface area contributed by atoms with E-state index in [0.29, 0.717) is 17.0 Å². The number of anilines is 1. The summed E-state index contributed by atoms with van der Waals surface area (Å²) in [5.74, 6) is -0.832. The average Bonchev–Trinajstić information content (AvgIpc) is 2.67. The molecule has 6 heteroatoms. The number of para-hydroxylation sites is 1. The van der Waals surface area contributed by atoms with E-state index in [2.05, 4.69) is 5.32 Å². The van der Waals surface area contributed by atoms with Gasteiger partial charge in [0.25, 0.3) is 5.91 Å². The molecule has 1 amide bonds. The van der Waals surface area contributed by atoms with Crippen molar-refractivity contribution in [1.29, 1.82) is 5.26 Å². The zero-order valence-corrected chi connectivity index (χ0v) is 14.7. The van der Waals surface area contributed by atoms with Gasteiger partial charge in [0.2, 0.25) is 0 Å². The second-order valence-electron chi connectivity index (χ2n) is 5.57. The van der Waals surface area contributed by atoms with Gasteiger partial charge in [-0.3, -0.25) is 4.79 Å². The van der Waals surface area contributed by atoms with Gasteiger partial charge in [0.1, 0.15) is 11.8 Å². The van der Waals surface area contributed by atoms with Gasteiger partial charge in [-0.05, 0) is 43.2 Å². The summed E-state index contributed by atoms with van der Waals surface area (Å²) in [5.41, 5.74) is 2.12. The zero-order valence-electron chi connectivity index (χ0n) is 14.7. The van der Waals surface area contributed by atoms with E-state index in [-0.39, 0.29) is 6.61 Å². The number of carbonyl (C=O) groups excluding carboxylic acids is 2.